The molecule has 0 fully saturated rings. The van der Waals surface area contributed by atoms with Crippen LogP contribution in [0.5, 0.6) is 0 Å². The smallest absolute Gasteiger partial charge is 0.307 e. The van der Waals surface area contributed by atoms with Gasteiger partial charge in [0.25, 0.3) is 0 Å². The third kappa shape index (κ3) is 2.99. The summed E-state index contributed by atoms with van der Waals surface area (Å²) in [5, 5.41) is 4.04. The molecule has 17 heavy (non-hydrogen) atoms. The molecule has 0 spiro atoms. The van der Waals surface area contributed by atoms with Crippen molar-refractivity contribution in [3.63, 3.8) is 0 Å². The molecule has 0 radical (unpaired) electrons. The van der Waals surface area contributed by atoms with Crippen LogP contribution < -0.4 is 5.32 Å². The van der Waals surface area contributed by atoms with E-state index in [9.17, 15) is 4.79 Å². The summed E-state index contributed by atoms with van der Waals surface area (Å²) in [6.45, 7) is 3.13. The lowest BCUT2D eigenvalue weighted by atomic mass is 9.92. The van der Waals surface area contributed by atoms with Crippen molar-refractivity contribution in [3.8, 4) is 0 Å². The normalized spacial score (nSPS) is 18.6. The summed E-state index contributed by atoms with van der Waals surface area (Å²) in [7, 11) is 0. The van der Waals surface area contributed by atoms with E-state index in [4.69, 9.17) is 16.3 Å². The van der Waals surface area contributed by atoms with Gasteiger partial charge in [0, 0.05) is 11.1 Å². The summed E-state index contributed by atoms with van der Waals surface area (Å²) >= 11 is 6.00. The fraction of sp³-hybridized carbons (Fsp3) is 0.462. The second kappa shape index (κ2) is 5.52. The van der Waals surface area contributed by atoms with Gasteiger partial charge in [-0.2, -0.15) is 0 Å². The average Bonchev–Trinajstić information content (AvgIpc) is 2.30. The molecule has 1 aliphatic rings. The number of fused-ring (bicyclic) bond motifs is 1. The number of carbonyl (C=O) groups is 1. The lowest BCUT2D eigenvalue weighted by Crippen LogP contribution is -2.31. The molecular formula is C13H16ClNO2. The number of rotatable bonds is 3. The summed E-state index contributed by atoms with van der Waals surface area (Å²) in [4.78, 5) is 11.5. The number of benzene rings is 1. The Balaban J connectivity index is 2.16. The van der Waals surface area contributed by atoms with Crippen LogP contribution in [0, 0.1) is 0 Å². The first kappa shape index (κ1) is 12.4. The number of hydrogen-bond acceptors (Lipinski definition) is 3. The van der Waals surface area contributed by atoms with Gasteiger partial charge in [-0.15, -0.1) is 0 Å². The number of ether oxygens (including phenoxy) is 1. The molecule has 0 amide bonds. The highest BCUT2D eigenvalue weighted by Gasteiger charge is 2.22. The zero-order valence-corrected chi connectivity index (χ0v) is 10.6. The van der Waals surface area contributed by atoms with Crippen molar-refractivity contribution in [2.24, 2.45) is 0 Å². The Morgan fingerprint density at radius 2 is 2.41 bits per heavy atom. The first-order valence-corrected chi connectivity index (χ1v) is 6.26. The largest absolute Gasteiger partial charge is 0.466 e. The highest BCUT2D eigenvalue weighted by Crippen LogP contribution is 2.28. The minimum absolute atomic E-state index is 0.0245. The summed E-state index contributed by atoms with van der Waals surface area (Å²) in [5.41, 5.74) is 2.39. The van der Waals surface area contributed by atoms with Crippen molar-refractivity contribution in [1.82, 2.24) is 5.32 Å². The van der Waals surface area contributed by atoms with Crippen LogP contribution in [0.2, 0.25) is 5.02 Å². The molecule has 0 saturated heterocycles. The van der Waals surface area contributed by atoms with E-state index in [0.29, 0.717) is 18.1 Å². The Kier molecular flexibility index (Phi) is 4.02. The molecule has 3 nitrogen and oxygen atoms in total. The molecule has 0 bridgehead atoms. The number of esters is 1. The van der Waals surface area contributed by atoms with E-state index in [2.05, 4.69) is 5.32 Å². The summed E-state index contributed by atoms with van der Waals surface area (Å²) in [6, 6.07) is 5.90. The van der Waals surface area contributed by atoms with Crippen molar-refractivity contribution in [3.05, 3.63) is 34.3 Å². The first-order valence-electron chi connectivity index (χ1n) is 5.88. The van der Waals surface area contributed by atoms with Crippen LogP contribution in [0.3, 0.4) is 0 Å². The molecular weight excluding hydrogens is 238 g/mol. The molecule has 2 rings (SSSR count). The van der Waals surface area contributed by atoms with Crippen LogP contribution in [0.25, 0.3) is 0 Å². The third-order valence-electron chi connectivity index (χ3n) is 2.94. The van der Waals surface area contributed by atoms with Crippen molar-refractivity contribution in [2.75, 3.05) is 13.2 Å². The van der Waals surface area contributed by atoms with Crippen LogP contribution >= 0.6 is 11.6 Å². The van der Waals surface area contributed by atoms with Crippen molar-refractivity contribution < 1.29 is 9.53 Å². The minimum Gasteiger partial charge on any atom is -0.466 e. The minimum atomic E-state index is -0.169. The van der Waals surface area contributed by atoms with Crippen molar-refractivity contribution >= 4 is 17.6 Å². The maximum Gasteiger partial charge on any atom is 0.307 e. The van der Waals surface area contributed by atoms with Gasteiger partial charge in [-0.05, 0) is 43.1 Å². The molecule has 1 unspecified atom stereocenters. The lowest BCUT2D eigenvalue weighted by molar-refractivity contribution is -0.143. The Hall–Kier alpha value is -1.06. The number of carbonyl (C=O) groups excluding carboxylic acids is 1. The highest BCUT2D eigenvalue weighted by molar-refractivity contribution is 6.30. The Labute approximate surface area is 106 Å². The molecule has 0 aliphatic carbocycles. The van der Waals surface area contributed by atoms with E-state index < -0.39 is 0 Å². The fourth-order valence-corrected chi connectivity index (χ4v) is 2.36. The molecule has 92 valence electrons. The molecule has 1 heterocycles. The Bertz CT molecular complexity index is 420. The Morgan fingerprint density at radius 1 is 1.59 bits per heavy atom. The molecule has 1 aromatic rings. The van der Waals surface area contributed by atoms with Crippen LogP contribution in [0.4, 0.5) is 0 Å². The molecule has 1 N–H and O–H groups in total. The predicted molar refractivity (Wildman–Crippen MR) is 67.1 cm³/mol. The quantitative estimate of drug-likeness (QED) is 0.841. The zero-order chi connectivity index (χ0) is 12.3. The molecule has 1 aliphatic heterocycles. The van der Waals surface area contributed by atoms with Gasteiger partial charge in [0.15, 0.2) is 0 Å². The van der Waals surface area contributed by atoms with E-state index in [1.54, 1.807) is 0 Å². The summed E-state index contributed by atoms with van der Waals surface area (Å²) < 4.78 is 4.98. The van der Waals surface area contributed by atoms with E-state index in [0.717, 1.165) is 18.5 Å². The predicted octanol–water partition coefficient (Wildman–Crippen LogP) is 2.48. The van der Waals surface area contributed by atoms with Crippen LogP contribution in [0.1, 0.15) is 30.5 Å². The van der Waals surface area contributed by atoms with Gasteiger partial charge in [-0.3, -0.25) is 4.79 Å². The maximum absolute atomic E-state index is 11.5. The van der Waals surface area contributed by atoms with E-state index >= 15 is 0 Å². The number of hydrogen-bond donors (Lipinski definition) is 1. The monoisotopic (exact) mass is 253 g/mol. The topological polar surface area (TPSA) is 38.3 Å². The number of nitrogens with one attached hydrogen (secondary N) is 1. The van der Waals surface area contributed by atoms with E-state index in [1.165, 1.54) is 5.56 Å². The fourth-order valence-electron chi connectivity index (χ4n) is 2.18. The summed E-state index contributed by atoms with van der Waals surface area (Å²) in [6.07, 6.45) is 1.34. The van der Waals surface area contributed by atoms with Crippen molar-refractivity contribution in [2.45, 2.75) is 25.8 Å². The first-order chi connectivity index (χ1) is 8.20. The van der Waals surface area contributed by atoms with Gasteiger partial charge in [0.05, 0.1) is 13.0 Å². The standard InChI is InChI=1S/C13H16ClNO2/c1-2-17-13(16)8-12-11-7-10(14)4-3-9(11)5-6-15-12/h3-4,7,12,15H,2,5-6,8H2,1H3. The SMILES string of the molecule is CCOC(=O)CC1NCCc2ccc(Cl)cc21. The van der Waals surface area contributed by atoms with Gasteiger partial charge in [-0.1, -0.05) is 17.7 Å². The van der Waals surface area contributed by atoms with Gasteiger partial charge < -0.3 is 10.1 Å². The van der Waals surface area contributed by atoms with Gasteiger partial charge in [0.1, 0.15) is 0 Å². The second-order valence-corrected chi connectivity index (χ2v) is 4.55. The van der Waals surface area contributed by atoms with Gasteiger partial charge in [-0.25, -0.2) is 0 Å². The van der Waals surface area contributed by atoms with Gasteiger partial charge in [0.2, 0.25) is 0 Å². The maximum atomic E-state index is 11.5. The third-order valence-corrected chi connectivity index (χ3v) is 3.18. The van der Waals surface area contributed by atoms with Crippen LogP contribution in [0.15, 0.2) is 18.2 Å². The highest BCUT2D eigenvalue weighted by atomic mass is 35.5. The molecule has 0 saturated carbocycles. The average molecular weight is 254 g/mol. The lowest BCUT2D eigenvalue weighted by Gasteiger charge is -2.26. The zero-order valence-electron chi connectivity index (χ0n) is 9.83. The van der Waals surface area contributed by atoms with E-state index in [1.807, 2.05) is 25.1 Å². The van der Waals surface area contributed by atoms with Crippen LogP contribution in [-0.4, -0.2) is 19.1 Å². The molecule has 1 atom stereocenters. The van der Waals surface area contributed by atoms with Crippen LogP contribution in [-0.2, 0) is 16.0 Å². The van der Waals surface area contributed by atoms with Crippen molar-refractivity contribution in [1.29, 1.82) is 0 Å². The van der Waals surface area contributed by atoms with Gasteiger partial charge >= 0.3 is 5.97 Å². The second-order valence-electron chi connectivity index (χ2n) is 4.11. The number of halogens is 1. The molecule has 4 heteroatoms. The molecule has 0 aromatic heterocycles. The summed E-state index contributed by atoms with van der Waals surface area (Å²) in [5.74, 6) is -0.169. The Morgan fingerprint density at radius 3 is 3.18 bits per heavy atom. The van der Waals surface area contributed by atoms with E-state index in [-0.39, 0.29) is 12.0 Å². The molecule has 1 aromatic carbocycles.